The van der Waals surface area contributed by atoms with E-state index in [1.54, 1.807) is 0 Å². The van der Waals surface area contributed by atoms with Gasteiger partial charge in [-0.1, -0.05) is 0 Å². The predicted octanol–water partition coefficient (Wildman–Crippen LogP) is 0.308. The topological polar surface area (TPSA) is 21.8 Å². The molecule has 2 aliphatic heterocycles. The Morgan fingerprint density at radius 3 is 2.53 bits per heavy atom. The molecule has 0 aromatic rings. The molecule has 0 amide bonds. The Balaban J connectivity index is 1.23. The summed E-state index contributed by atoms with van der Waals surface area (Å²) in [6.07, 6.45) is 4.34. The van der Waals surface area contributed by atoms with Gasteiger partial charge in [-0.25, -0.2) is 0 Å². The summed E-state index contributed by atoms with van der Waals surface area (Å²) in [5.74, 6) is 0.910. The molecule has 0 radical (unpaired) electrons. The van der Waals surface area contributed by atoms with Crippen LogP contribution in [0.4, 0.5) is 0 Å². The molecule has 3 fully saturated rings. The number of nitrogens with one attached hydrogen (secondary N) is 1. The van der Waals surface area contributed by atoms with Crippen molar-refractivity contribution in [1.82, 2.24) is 20.0 Å². The van der Waals surface area contributed by atoms with E-state index in [9.17, 15) is 0 Å². The maximum atomic E-state index is 3.68. The molecular weight excluding hydrogens is 236 g/mol. The Morgan fingerprint density at radius 2 is 1.79 bits per heavy atom. The third-order valence-electron chi connectivity index (χ3n) is 5.01. The van der Waals surface area contributed by atoms with Crippen molar-refractivity contribution < 1.29 is 0 Å². The van der Waals surface area contributed by atoms with Gasteiger partial charge in [-0.05, 0) is 45.3 Å². The van der Waals surface area contributed by atoms with Crippen LogP contribution in [0.1, 0.15) is 19.3 Å². The molecule has 2 heterocycles. The lowest BCUT2D eigenvalue weighted by Gasteiger charge is -2.32. The number of likely N-dealkylation sites (N-methyl/N-ethyl adjacent to an activating group) is 1. The first-order valence-electron chi connectivity index (χ1n) is 8.17. The highest BCUT2D eigenvalue weighted by atomic mass is 15.2. The quantitative estimate of drug-likeness (QED) is 0.698. The molecule has 4 nitrogen and oxygen atoms in total. The van der Waals surface area contributed by atoms with Crippen LogP contribution < -0.4 is 5.32 Å². The minimum Gasteiger partial charge on any atom is -0.315 e. The Hall–Kier alpha value is -0.160. The molecule has 0 aromatic heterocycles. The zero-order valence-corrected chi connectivity index (χ0v) is 12.5. The Morgan fingerprint density at radius 1 is 1.00 bits per heavy atom. The molecular formula is C15H30N4. The lowest BCUT2D eigenvalue weighted by molar-refractivity contribution is 0.154. The smallest absolute Gasteiger partial charge is 0.0110 e. The highest BCUT2D eigenvalue weighted by molar-refractivity contribution is 4.89. The molecule has 3 aliphatic rings. The minimum absolute atomic E-state index is 0.910. The molecule has 3 rings (SSSR count). The SMILES string of the molecule is CN1CCN(CCNCC2CCN(C3CC3)C2)CC1. The predicted molar refractivity (Wildman–Crippen MR) is 79.5 cm³/mol. The van der Waals surface area contributed by atoms with E-state index >= 15 is 0 Å². The van der Waals surface area contributed by atoms with Crippen molar-refractivity contribution in [1.29, 1.82) is 0 Å². The third kappa shape index (κ3) is 4.15. The van der Waals surface area contributed by atoms with Crippen LogP contribution in [0.25, 0.3) is 0 Å². The standard InChI is InChI=1S/C15H30N4/c1-17-8-10-18(11-9-17)7-5-16-12-14-4-6-19(13-14)15-2-3-15/h14-16H,2-13H2,1H3. The van der Waals surface area contributed by atoms with Crippen LogP contribution in [0.3, 0.4) is 0 Å². The van der Waals surface area contributed by atoms with E-state index in [2.05, 4.69) is 27.1 Å². The molecule has 110 valence electrons. The first-order chi connectivity index (χ1) is 9.31. The van der Waals surface area contributed by atoms with E-state index in [-0.39, 0.29) is 0 Å². The summed E-state index contributed by atoms with van der Waals surface area (Å²) in [4.78, 5) is 7.74. The second kappa shape index (κ2) is 6.53. The average molecular weight is 266 g/mol. The number of hydrogen-bond donors (Lipinski definition) is 1. The van der Waals surface area contributed by atoms with Crippen LogP contribution in [0.15, 0.2) is 0 Å². The summed E-state index contributed by atoms with van der Waals surface area (Å²) in [5, 5.41) is 3.68. The summed E-state index contributed by atoms with van der Waals surface area (Å²) in [7, 11) is 2.22. The maximum Gasteiger partial charge on any atom is 0.0110 e. The molecule has 1 saturated carbocycles. The number of likely N-dealkylation sites (tertiary alicyclic amines) is 1. The molecule has 0 bridgehead atoms. The fourth-order valence-electron chi connectivity index (χ4n) is 3.42. The van der Waals surface area contributed by atoms with E-state index < -0.39 is 0 Å². The fraction of sp³-hybridized carbons (Fsp3) is 1.00. The largest absolute Gasteiger partial charge is 0.315 e. The molecule has 0 spiro atoms. The van der Waals surface area contributed by atoms with Crippen molar-refractivity contribution in [3.8, 4) is 0 Å². The summed E-state index contributed by atoms with van der Waals surface area (Å²) >= 11 is 0. The van der Waals surface area contributed by atoms with Gasteiger partial charge in [0.25, 0.3) is 0 Å². The van der Waals surface area contributed by atoms with Gasteiger partial charge in [-0.2, -0.15) is 0 Å². The molecule has 1 aliphatic carbocycles. The van der Waals surface area contributed by atoms with Crippen molar-refractivity contribution in [2.45, 2.75) is 25.3 Å². The van der Waals surface area contributed by atoms with Crippen molar-refractivity contribution in [3.05, 3.63) is 0 Å². The van der Waals surface area contributed by atoms with Crippen LogP contribution in [0.5, 0.6) is 0 Å². The Bertz CT molecular complexity index is 271. The highest BCUT2D eigenvalue weighted by Crippen LogP contribution is 2.31. The zero-order chi connectivity index (χ0) is 13.1. The third-order valence-corrected chi connectivity index (χ3v) is 5.01. The van der Waals surface area contributed by atoms with Crippen molar-refractivity contribution in [3.63, 3.8) is 0 Å². The molecule has 2 saturated heterocycles. The van der Waals surface area contributed by atoms with Gasteiger partial charge in [0, 0.05) is 51.9 Å². The zero-order valence-electron chi connectivity index (χ0n) is 12.5. The number of piperazine rings is 1. The van der Waals surface area contributed by atoms with E-state index in [1.165, 1.54) is 78.2 Å². The lowest BCUT2D eigenvalue weighted by Crippen LogP contribution is -2.46. The van der Waals surface area contributed by atoms with E-state index in [0.29, 0.717) is 0 Å². The first kappa shape index (κ1) is 13.8. The highest BCUT2D eigenvalue weighted by Gasteiger charge is 2.33. The normalized spacial score (nSPS) is 31.1. The van der Waals surface area contributed by atoms with Crippen LogP contribution in [-0.2, 0) is 0 Å². The van der Waals surface area contributed by atoms with Crippen LogP contribution >= 0.6 is 0 Å². The van der Waals surface area contributed by atoms with Gasteiger partial charge in [0.15, 0.2) is 0 Å². The molecule has 4 heteroatoms. The maximum absolute atomic E-state index is 3.68. The summed E-state index contributed by atoms with van der Waals surface area (Å²) < 4.78 is 0. The van der Waals surface area contributed by atoms with E-state index in [1.807, 2.05) is 0 Å². The summed E-state index contributed by atoms with van der Waals surface area (Å²) in [6.45, 7) is 11.3. The van der Waals surface area contributed by atoms with Crippen molar-refractivity contribution in [2.24, 2.45) is 5.92 Å². The fourth-order valence-corrected chi connectivity index (χ4v) is 3.42. The van der Waals surface area contributed by atoms with E-state index in [0.717, 1.165) is 12.0 Å². The second-order valence-corrected chi connectivity index (χ2v) is 6.73. The number of hydrogen-bond acceptors (Lipinski definition) is 4. The van der Waals surface area contributed by atoms with Gasteiger partial charge in [-0.15, -0.1) is 0 Å². The second-order valence-electron chi connectivity index (χ2n) is 6.73. The van der Waals surface area contributed by atoms with Crippen molar-refractivity contribution in [2.75, 3.05) is 66.0 Å². The van der Waals surface area contributed by atoms with Gasteiger partial charge in [0.1, 0.15) is 0 Å². The van der Waals surface area contributed by atoms with Crippen LogP contribution in [-0.4, -0.2) is 86.7 Å². The number of rotatable bonds is 6. The summed E-state index contributed by atoms with van der Waals surface area (Å²) in [6, 6.07) is 0.968. The van der Waals surface area contributed by atoms with Gasteiger partial charge >= 0.3 is 0 Å². The van der Waals surface area contributed by atoms with Crippen LogP contribution in [0, 0.1) is 5.92 Å². The monoisotopic (exact) mass is 266 g/mol. The van der Waals surface area contributed by atoms with Gasteiger partial charge in [-0.3, -0.25) is 4.90 Å². The molecule has 1 atom stereocenters. The van der Waals surface area contributed by atoms with Gasteiger partial charge in [0.2, 0.25) is 0 Å². The van der Waals surface area contributed by atoms with Crippen molar-refractivity contribution >= 4 is 0 Å². The Kier molecular flexibility index (Phi) is 4.74. The number of nitrogens with zero attached hydrogens (tertiary/aromatic N) is 3. The molecule has 19 heavy (non-hydrogen) atoms. The van der Waals surface area contributed by atoms with Gasteiger partial charge in [0.05, 0.1) is 0 Å². The Labute approximate surface area is 118 Å². The molecule has 1 unspecified atom stereocenters. The first-order valence-corrected chi connectivity index (χ1v) is 8.17. The lowest BCUT2D eigenvalue weighted by atomic mass is 10.1. The molecule has 1 N–H and O–H groups in total. The van der Waals surface area contributed by atoms with Crippen LogP contribution in [0.2, 0.25) is 0 Å². The minimum atomic E-state index is 0.910. The van der Waals surface area contributed by atoms with Gasteiger partial charge < -0.3 is 15.1 Å². The van der Waals surface area contributed by atoms with E-state index in [4.69, 9.17) is 0 Å². The summed E-state index contributed by atoms with van der Waals surface area (Å²) in [5.41, 5.74) is 0. The molecule has 0 aromatic carbocycles. The average Bonchev–Trinajstić information content (AvgIpc) is 3.17.